The number of amides is 1. The number of hydrogen-bond donors (Lipinski definition) is 2. The number of halogens is 3. The first-order valence-electron chi connectivity index (χ1n) is 6.22. The van der Waals surface area contributed by atoms with Gasteiger partial charge in [-0.15, -0.1) is 0 Å². The van der Waals surface area contributed by atoms with Gasteiger partial charge in [0.05, 0.1) is 5.92 Å². The molecule has 2 N–H and O–H groups in total. The monoisotopic (exact) mass is 275 g/mol. The first kappa shape index (κ1) is 13.9. The van der Waals surface area contributed by atoms with Crippen molar-refractivity contribution in [2.24, 2.45) is 5.92 Å². The van der Waals surface area contributed by atoms with Crippen LogP contribution in [0.3, 0.4) is 0 Å². The van der Waals surface area contributed by atoms with Crippen molar-refractivity contribution in [1.29, 1.82) is 0 Å². The molecule has 1 aliphatic rings. The number of aryl methyl sites for hydroxylation is 1. The minimum atomic E-state index is -4.22. The summed E-state index contributed by atoms with van der Waals surface area (Å²) in [5.41, 5.74) is 1.15. The van der Waals surface area contributed by atoms with Gasteiger partial charge < -0.3 is 5.32 Å². The molecule has 0 aromatic carbocycles. The standard InChI is InChI=1S/C12H16F3N3O/c1-6(2)16-11(19)10-8-5-7(12(13,14)15)3-4-9(8)17-18-10/h6-7H,3-5H2,1-2H3,(H,16,19)(H,17,18). The Morgan fingerprint density at radius 2 is 2.16 bits per heavy atom. The first-order chi connectivity index (χ1) is 8.79. The number of alkyl halides is 3. The van der Waals surface area contributed by atoms with Crippen LogP contribution in [-0.2, 0) is 12.8 Å². The largest absolute Gasteiger partial charge is 0.392 e. The van der Waals surface area contributed by atoms with Crippen LogP contribution in [0.5, 0.6) is 0 Å². The van der Waals surface area contributed by atoms with E-state index in [0.29, 0.717) is 11.3 Å². The van der Waals surface area contributed by atoms with Crippen LogP contribution in [0.1, 0.15) is 42.0 Å². The number of carbonyl (C=O) groups excluding carboxylic acids is 1. The second-order valence-corrected chi connectivity index (χ2v) is 5.14. The summed E-state index contributed by atoms with van der Waals surface area (Å²) in [6.45, 7) is 3.57. The van der Waals surface area contributed by atoms with Crippen LogP contribution in [0.25, 0.3) is 0 Å². The molecule has 1 unspecified atom stereocenters. The summed E-state index contributed by atoms with van der Waals surface area (Å²) in [6, 6.07) is -0.0816. The Kier molecular flexibility index (Phi) is 3.56. The molecule has 0 fully saturated rings. The SMILES string of the molecule is CC(C)NC(=O)c1n[nH]c2c1CC(C(F)(F)F)CC2. The molecule has 0 saturated heterocycles. The normalized spacial score (nSPS) is 19.4. The molecule has 1 aromatic rings. The third-order valence-corrected chi connectivity index (χ3v) is 3.24. The lowest BCUT2D eigenvalue weighted by Crippen LogP contribution is -2.33. The van der Waals surface area contributed by atoms with Crippen LogP contribution >= 0.6 is 0 Å². The number of nitrogens with one attached hydrogen (secondary N) is 2. The highest BCUT2D eigenvalue weighted by Gasteiger charge is 2.42. The van der Waals surface area contributed by atoms with Gasteiger partial charge in [0.25, 0.3) is 5.91 Å². The Morgan fingerprint density at radius 1 is 1.47 bits per heavy atom. The predicted octanol–water partition coefficient (Wildman–Crippen LogP) is 2.22. The summed E-state index contributed by atoms with van der Waals surface area (Å²) in [5, 5.41) is 9.18. The Bertz CT molecular complexity index is 479. The van der Waals surface area contributed by atoms with Crippen molar-refractivity contribution in [2.45, 2.75) is 45.3 Å². The smallest absolute Gasteiger partial charge is 0.348 e. The summed E-state index contributed by atoms with van der Waals surface area (Å²) in [4.78, 5) is 11.9. The lowest BCUT2D eigenvalue weighted by atomic mass is 9.86. The zero-order valence-electron chi connectivity index (χ0n) is 10.8. The third kappa shape index (κ3) is 2.90. The highest BCUT2D eigenvalue weighted by molar-refractivity contribution is 5.94. The fraction of sp³-hybridized carbons (Fsp3) is 0.667. The molecule has 106 valence electrons. The number of fused-ring (bicyclic) bond motifs is 1. The molecule has 1 atom stereocenters. The number of carbonyl (C=O) groups is 1. The Labute approximate surface area is 108 Å². The topological polar surface area (TPSA) is 57.8 Å². The van der Waals surface area contributed by atoms with E-state index in [0.717, 1.165) is 0 Å². The van der Waals surface area contributed by atoms with E-state index in [1.165, 1.54) is 0 Å². The molecule has 1 aliphatic carbocycles. The minimum Gasteiger partial charge on any atom is -0.348 e. The Morgan fingerprint density at radius 3 is 2.74 bits per heavy atom. The van der Waals surface area contributed by atoms with Gasteiger partial charge in [0.15, 0.2) is 5.69 Å². The molecule has 7 heteroatoms. The van der Waals surface area contributed by atoms with Crippen molar-refractivity contribution < 1.29 is 18.0 Å². The van der Waals surface area contributed by atoms with Crippen LogP contribution in [0.4, 0.5) is 13.2 Å². The predicted molar refractivity (Wildman–Crippen MR) is 62.8 cm³/mol. The van der Waals surface area contributed by atoms with Gasteiger partial charge in [-0.05, 0) is 33.1 Å². The van der Waals surface area contributed by atoms with Gasteiger partial charge in [0.1, 0.15) is 0 Å². The molecular weight excluding hydrogens is 259 g/mol. The highest BCUT2D eigenvalue weighted by Crippen LogP contribution is 2.37. The number of H-pyrrole nitrogens is 1. The van der Waals surface area contributed by atoms with Gasteiger partial charge in [-0.25, -0.2) is 0 Å². The molecule has 0 aliphatic heterocycles. The molecular formula is C12H16F3N3O. The maximum Gasteiger partial charge on any atom is 0.392 e. The molecule has 2 rings (SSSR count). The van der Waals surface area contributed by atoms with Crippen molar-refractivity contribution >= 4 is 5.91 Å². The molecule has 1 amide bonds. The average molecular weight is 275 g/mol. The molecule has 0 radical (unpaired) electrons. The van der Waals surface area contributed by atoms with Gasteiger partial charge in [-0.1, -0.05) is 0 Å². The molecule has 1 aromatic heterocycles. The number of aromatic nitrogens is 2. The third-order valence-electron chi connectivity index (χ3n) is 3.24. The number of rotatable bonds is 2. The van der Waals surface area contributed by atoms with E-state index in [-0.39, 0.29) is 31.0 Å². The van der Waals surface area contributed by atoms with Crippen molar-refractivity contribution in [2.75, 3.05) is 0 Å². The number of aromatic amines is 1. The second kappa shape index (κ2) is 4.86. The van der Waals surface area contributed by atoms with E-state index < -0.39 is 18.0 Å². The van der Waals surface area contributed by atoms with Crippen molar-refractivity contribution in [1.82, 2.24) is 15.5 Å². The number of nitrogens with zero attached hydrogens (tertiary/aromatic N) is 1. The van der Waals surface area contributed by atoms with Gasteiger partial charge in [-0.3, -0.25) is 9.89 Å². The zero-order chi connectivity index (χ0) is 14.2. The molecule has 0 spiro atoms. The fourth-order valence-corrected chi connectivity index (χ4v) is 2.29. The quantitative estimate of drug-likeness (QED) is 0.869. The minimum absolute atomic E-state index is 0.0456. The zero-order valence-corrected chi connectivity index (χ0v) is 10.8. The Balaban J connectivity index is 2.23. The molecule has 0 bridgehead atoms. The molecule has 0 saturated carbocycles. The lowest BCUT2D eigenvalue weighted by molar-refractivity contribution is -0.177. The van der Waals surface area contributed by atoms with Gasteiger partial charge in [0.2, 0.25) is 0 Å². The van der Waals surface area contributed by atoms with Crippen molar-refractivity contribution in [3.63, 3.8) is 0 Å². The Hall–Kier alpha value is -1.53. The van der Waals surface area contributed by atoms with Gasteiger partial charge >= 0.3 is 6.18 Å². The van der Waals surface area contributed by atoms with E-state index in [1.807, 2.05) is 0 Å². The van der Waals surface area contributed by atoms with E-state index in [9.17, 15) is 18.0 Å². The summed E-state index contributed by atoms with van der Waals surface area (Å²) >= 11 is 0. The van der Waals surface area contributed by atoms with E-state index >= 15 is 0 Å². The van der Waals surface area contributed by atoms with Crippen LogP contribution in [0.15, 0.2) is 0 Å². The summed E-state index contributed by atoms with van der Waals surface area (Å²) in [5.74, 6) is -1.81. The van der Waals surface area contributed by atoms with Gasteiger partial charge in [-0.2, -0.15) is 18.3 Å². The summed E-state index contributed by atoms with van der Waals surface area (Å²) in [7, 11) is 0. The summed E-state index contributed by atoms with van der Waals surface area (Å²) in [6.07, 6.45) is -4.07. The maximum atomic E-state index is 12.8. The van der Waals surface area contributed by atoms with Crippen LogP contribution < -0.4 is 5.32 Å². The maximum absolute atomic E-state index is 12.8. The highest BCUT2D eigenvalue weighted by atomic mass is 19.4. The number of hydrogen-bond acceptors (Lipinski definition) is 2. The van der Waals surface area contributed by atoms with E-state index in [4.69, 9.17) is 0 Å². The molecule has 19 heavy (non-hydrogen) atoms. The van der Waals surface area contributed by atoms with Crippen molar-refractivity contribution in [3.8, 4) is 0 Å². The second-order valence-electron chi connectivity index (χ2n) is 5.14. The van der Waals surface area contributed by atoms with Crippen LogP contribution in [0, 0.1) is 5.92 Å². The molecule has 4 nitrogen and oxygen atoms in total. The van der Waals surface area contributed by atoms with Crippen LogP contribution in [-0.4, -0.2) is 28.3 Å². The average Bonchev–Trinajstić information content (AvgIpc) is 2.69. The molecule has 1 heterocycles. The van der Waals surface area contributed by atoms with Gasteiger partial charge in [0, 0.05) is 17.3 Å². The fourth-order valence-electron chi connectivity index (χ4n) is 2.29. The first-order valence-corrected chi connectivity index (χ1v) is 6.22. The van der Waals surface area contributed by atoms with Crippen LogP contribution in [0.2, 0.25) is 0 Å². The van der Waals surface area contributed by atoms with E-state index in [1.54, 1.807) is 13.8 Å². The summed E-state index contributed by atoms with van der Waals surface area (Å²) < 4.78 is 38.3. The van der Waals surface area contributed by atoms with Crippen molar-refractivity contribution in [3.05, 3.63) is 17.0 Å². The lowest BCUT2D eigenvalue weighted by Gasteiger charge is -2.24. The van der Waals surface area contributed by atoms with E-state index in [2.05, 4.69) is 15.5 Å².